The number of nitrogens with zero attached hydrogens (tertiary/aromatic N) is 1. The molecule has 0 atom stereocenters. The molecule has 0 aliphatic carbocycles. The van der Waals surface area contributed by atoms with E-state index in [0.29, 0.717) is 0 Å². The molecule has 0 saturated carbocycles. The average Bonchev–Trinajstić information content (AvgIpc) is 2.81. The lowest BCUT2D eigenvalue weighted by Gasteiger charge is -2.43. The summed E-state index contributed by atoms with van der Waals surface area (Å²) in [5.41, 5.74) is 5.33. The molecule has 1 amide bonds. The van der Waals surface area contributed by atoms with E-state index in [4.69, 9.17) is 0 Å². The first-order valence-electron chi connectivity index (χ1n) is 11.3. The highest BCUT2D eigenvalue weighted by Crippen LogP contribution is 2.40. The summed E-state index contributed by atoms with van der Waals surface area (Å²) in [6.45, 7) is 4.72. The lowest BCUT2D eigenvalue weighted by Crippen LogP contribution is -2.42. The van der Waals surface area contributed by atoms with Crippen LogP contribution in [-0.2, 0) is 23.2 Å². The van der Waals surface area contributed by atoms with Gasteiger partial charge >= 0.3 is 0 Å². The molecule has 0 radical (unpaired) electrons. The molecule has 31 heavy (non-hydrogen) atoms. The summed E-state index contributed by atoms with van der Waals surface area (Å²) in [4.78, 5) is 13.8. The molecule has 1 N–H and O–H groups in total. The van der Waals surface area contributed by atoms with Crippen LogP contribution in [0.5, 0.6) is 0 Å². The number of aryl methyl sites for hydroxylation is 1. The smallest absolute Gasteiger partial charge is 0.221 e. The van der Waals surface area contributed by atoms with E-state index in [9.17, 15) is 4.79 Å². The topological polar surface area (TPSA) is 32.3 Å². The van der Waals surface area contributed by atoms with Crippen molar-refractivity contribution in [1.29, 1.82) is 0 Å². The predicted molar refractivity (Wildman–Crippen MR) is 128 cm³/mol. The van der Waals surface area contributed by atoms with Gasteiger partial charge in [-0.15, -0.1) is 0 Å². The van der Waals surface area contributed by atoms with Crippen molar-refractivity contribution in [2.24, 2.45) is 0 Å². The van der Waals surface area contributed by atoms with E-state index in [1.54, 1.807) is 6.92 Å². The summed E-state index contributed by atoms with van der Waals surface area (Å²) in [5, 5.41) is 2.84. The molecule has 1 heterocycles. The van der Waals surface area contributed by atoms with E-state index in [1.807, 2.05) is 12.1 Å². The van der Waals surface area contributed by atoms with E-state index in [2.05, 4.69) is 83.0 Å². The minimum Gasteiger partial charge on any atom is -0.326 e. The molecular formula is C28H32N2O. The van der Waals surface area contributed by atoms with E-state index in [1.165, 1.54) is 36.0 Å². The van der Waals surface area contributed by atoms with Gasteiger partial charge in [-0.3, -0.25) is 9.69 Å². The molecule has 1 fully saturated rings. The van der Waals surface area contributed by atoms with Crippen LogP contribution in [0.15, 0.2) is 84.9 Å². The van der Waals surface area contributed by atoms with Crippen molar-refractivity contribution in [1.82, 2.24) is 4.90 Å². The molecule has 0 aromatic heterocycles. The van der Waals surface area contributed by atoms with Gasteiger partial charge < -0.3 is 5.32 Å². The van der Waals surface area contributed by atoms with Crippen molar-refractivity contribution in [3.63, 3.8) is 0 Å². The fourth-order valence-electron chi connectivity index (χ4n) is 4.80. The molecule has 0 unspecified atom stereocenters. The minimum atomic E-state index is -0.0310. The monoisotopic (exact) mass is 412 g/mol. The molecule has 3 nitrogen and oxygen atoms in total. The third-order valence-electron chi connectivity index (χ3n) is 6.61. The Hall–Kier alpha value is -2.91. The van der Waals surface area contributed by atoms with Crippen LogP contribution in [0.25, 0.3) is 0 Å². The first-order valence-corrected chi connectivity index (χ1v) is 11.3. The quantitative estimate of drug-likeness (QED) is 0.531. The van der Waals surface area contributed by atoms with Gasteiger partial charge in [0, 0.05) is 19.2 Å². The van der Waals surface area contributed by atoms with Gasteiger partial charge in [0.2, 0.25) is 5.91 Å². The number of piperidine rings is 1. The van der Waals surface area contributed by atoms with Crippen LogP contribution in [-0.4, -0.2) is 23.9 Å². The Kier molecular flexibility index (Phi) is 6.83. The Morgan fingerprint density at radius 2 is 1.45 bits per heavy atom. The minimum absolute atomic E-state index is 0.0310. The predicted octanol–water partition coefficient (Wildman–Crippen LogP) is 5.81. The van der Waals surface area contributed by atoms with E-state index >= 15 is 0 Å². The number of anilines is 1. The molecular weight excluding hydrogens is 380 g/mol. The summed E-state index contributed by atoms with van der Waals surface area (Å²) in [7, 11) is 0. The molecule has 1 aliphatic rings. The number of hydrogen-bond acceptors (Lipinski definition) is 2. The van der Waals surface area contributed by atoms with Crippen molar-refractivity contribution in [3.05, 3.63) is 102 Å². The largest absolute Gasteiger partial charge is 0.326 e. The van der Waals surface area contributed by atoms with Gasteiger partial charge in [0.15, 0.2) is 0 Å². The van der Waals surface area contributed by atoms with Gasteiger partial charge in [-0.05, 0) is 73.0 Å². The number of hydrogen-bond donors (Lipinski definition) is 1. The van der Waals surface area contributed by atoms with Crippen LogP contribution in [0.2, 0.25) is 0 Å². The Labute approximate surface area is 186 Å². The molecule has 1 aliphatic heterocycles. The number of nitrogens with one attached hydrogen (secondary N) is 1. The van der Waals surface area contributed by atoms with Crippen molar-refractivity contribution in [3.8, 4) is 0 Å². The number of carbonyl (C=O) groups is 1. The third kappa shape index (κ3) is 5.62. The van der Waals surface area contributed by atoms with Crippen molar-refractivity contribution in [2.45, 2.75) is 44.6 Å². The fraction of sp³-hybridized carbons (Fsp3) is 0.321. The zero-order chi connectivity index (χ0) is 21.5. The Morgan fingerprint density at radius 3 is 2.06 bits per heavy atom. The van der Waals surface area contributed by atoms with Gasteiger partial charge in [-0.1, -0.05) is 72.8 Å². The van der Waals surface area contributed by atoms with E-state index in [0.717, 1.165) is 31.7 Å². The third-order valence-corrected chi connectivity index (χ3v) is 6.61. The summed E-state index contributed by atoms with van der Waals surface area (Å²) < 4.78 is 0. The Morgan fingerprint density at radius 1 is 0.839 bits per heavy atom. The standard InChI is InChI=1S/C28H32N2O/c1-23(31)29-27-14-12-25(13-15-27)22-30-20-18-28(19-21-30,26-10-6-3-7-11-26)17-16-24-8-4-2-5-9-24/h2-15H,16-22H2,1H3,(H,29,31). The number of benzene rings is 3. The van der Waals surface area contributed by atoms with Crippen LogP contribution < -0.4 is 5.32 Å². The first kappa shape index (κ1) is 21.3. The number of carbonyl (C=O) groups excluding carboxylic acids is 1. The van der Waals surface area contributed by atoms with Crippen LogP contribution in [0, 0.1) is 0 Å². The summed E-state index contributed by atoms with van der Waals surface area (Å²) >= 11 is 0. The second-order valence-corrected chi connectivity index (χ2v) is 8.79. The normalized spacial score (nSPS) is 16.0. The van der Waals surface area contributed by atoms with Crippen LogP contribution in [0.1, 0.15) is 42.9 Å². The Bertz CT molecular complexity index is 959. The summed E-state index contributed by atoms with van der Waals surface area (Å²) in [5.74, 6) is -0.0310. The van der Waals surface area contributed by atoms with Crippen LogP contribution >= 0.6 is 0 Å². The number of rotatable bonds is 7. The van der Waals surface area contributed by atoms with Gasteiger partial charge in [0.1, 0.15) is 0 Å². The van der Waals surface area contributed by atoms with E-state index < -0.39 is 0 Å². The van der Waals surface area contributed by atoms with Crippen molar-refractivity contribution >= 4 is 11.6 Å². The summed E-state index contributed by atoms with van der Waals surface area (Å²) in [6, 6.07) is 30.2. The molecule has 160 valence electrons. The fourth-order valence-corrected chi connectivity index (χ4v) is 4.80. The zero-order valence-electron chi connectivity index (χ0n) is 18.4. The molecule has 3 aromatic carbocycles. The lowest BCUT2D eigenvalue weighted by molar-refractivity contribution is -0.114. The van der Waals surface area contributed by atoms with Gasteiger partial charge in [-0.25, -0.2) is 0 Å². The highest BCUT2D eigenvalue weighted by atomic mass is 16.1. The SMILES string of the molecule is CC(=O)Nc1ccc(CN2CCC(CCc3ccccc3)(c3ccccc3)CC2)cc1. The van der Waals surface area contributed by atoms with Gasteiger partial charge in [0.05, 0.1) is 0 Å². The molecule has 0 spiro atoms. The van der Waals surface area contributed by atoms with Gasteiger partial charge in [-0.2, -0.15) is 0 Å². The van der Waals surface area contributed by atoms with E-state index in [-0.39, 0.29) is 11.3 Å². The molecule has 3 aromatic rings. The van der Waals surface area contributed by atoms with Crippen molar-refractivity contribution in [2.75, 3.05) is 18.4 Å². The second kappa shape index (κ2) is 9.93. The second-order valence-electron chi connectivity index (χ2n) is 8.79. The molecule has 3 heteroatoms. The van der Waals surface area contributed by atoms with Crippen molar-refractivity contribution < 1.29 is 4.79 Å². The first-order chi connectivity index (χ1) is 15.1. The molecule has 1 saturated heterocycles. The maximum absolute atomic E-state index is 11.2. The molecule has 0 bridgehead atoms. The number of likely N-dealkylation sites (tertiary alicyclic amines) is 1. The average molecular weight is 413 g/mol. The number of amides is 1. The zero-order valence-corrected chi connectivity index (χ0v) is 18.4. The van der Waals surface area contributed by atoms with Crippen LogP contribution in [0.4, 0.5) is 5.69 Å². The maximum atomic E-state index is 11.2. The summed E-state index contributed by atoms with van der Waals surface area (Å²) in [6.07, 6.45) is 4.70. The highest BCUT2D eigenvalue weighted by Gasteiger charge is 2.35. The Balaban J connectivity index is 1.41. The van der Waals surface area contributed by atoms with Crippen LogP contribution in [0.3, 0.4) is 0 Å². The lowest BCUT2D eigenvalue weighted by atomic mass is 9.69. The van der Waals surface area contributed by atoms with Gasteiger partial charge in [0.25, 0.3) is 0 Å². The molecule has 4 rings (SSSR count). The maximum Gasteiger partial charge on any atom is 0.221 e. The highest BCUT2D eigenvalue weighted by molar-refractivity contribution is 5.88.